The SMILES string of the molecule is O=C(CN1C(=O)C2C3C=CC(C3)C2C1=O)Nc1ccnn1Cc1c(Cl)cccc1Cl. The van der Waals surface area contributed by atoms with Gasteiger partial charge in [-0.3, -0.25) is 19.3 Å². The molecule has 1 aromatic carbocycles. The van der Waals surface area contributed by atoms with Crippen LogP contribution in [0.1, 0.15) is 12.0 Å². The Morgan fingerprint density at radius 1 is 1.07 bits per heavy atom. The lowest BCUT2D eigenvalue weighted by atomic mass is 9.85. The predicted octanol–water partition coefficient (Wildman–Crippen LogP) is 2.98. The first-order valence-electron chi connectivity index (χ1n) is 9.72. The zero-order valence-corrected chi connectivity index (χ0v) is 17.3. The van der Waals surface area contributed by atoms with Gasteiger partial charge < -0.3 is 5.32 Å². The van der Waals surface area contributed by atoms with Crippen molar-refractivity contribution in [2.75, 3.05) is 11.9 Å². The van der Waals surface area contributed by atoms with Gasteiger partial charge >= 0.3 is 0 Å². The summed E-state index contributed by atoms with van der Waals surface area (Å²) in [6.07, 6.45) is 6.45. The van der Waals surface area contributed by atoms with Crippen molar-refractivity contribution in [3.8, 4) is 0 Å². The molecule has 9 heteroatoms. The van der Waals surface area contributed by atoms with E-state index in [1.54, 1.807) is 35.1 Å². The van der Waals surface area contributed by atoms with Crippen LogP contribution < -0.4 is 5.32 Å². The lowest BCUT2D eigenvalue weighted by Gasteiger charge is -2.17. The van der Waals surface area contributed by atoms with E-state index in [0.29, 0.717) is 21.4 Å². The summed E-state index contributed by atoms with van der Waals surface area (Å²) < 4.78 is 1.55. The molecule has 2 aliphatic carbocycles. The zero-order chi connectivity index (χ0) is 21.0. The second-order valence-corrected chi connectivity index (χ2v) is 8.70. The van der Waals surface area contributed by atoms with Gasteiger partial charge in [-0.05, 0) is 30.4 Å². The van der Waals surface area contributed by atoms with Crippen molar-refractivity contribution in [2.24, 2.45) is 23.7 Å². The van der Waals surface area contributed by atoms with Crippen molar-refractivity contribution >= 4 is 46.7 Å². The Hall–Kier alpha value is -2.64. The summed E-state index contributed by atoms with van der Waals surface area (Å²) in [5.74, 6) is -0.901. The quantitative estimate of drug-likeness (QED) is 0.567. The first-order chi connectivity index (χ1) is 14.4. The van der Waals surface area contributed by atoms with Crippen LogP contribution in [0.5, 0.6) is 0 Å². The molecule has 2 aromatic rings. The van der Waals surface area contributed by atoms with Gasteiger partial charge in [0.05, 0.1) is 24.6 Å². The lowest BCUT2D eigenvalue weighted by molar-refractivity contribution is -0.143. The van der Waals surface area contributed by atoms with E-state index in [2.05, 4.69) is 10.4 Å². The molecule has 2 bridgehead atoms. The molecule has 4 unspecified atom stereocenters. The van der Waals surface area contributed by atoms with Gasteiger partial charge in [-0.15, -0.1) is 0 Å². The maximum absolute atomic E-state index is 12.8. The van der Waals surface area contributed by atoms with Crippen LogP contribution >= 0.6 is 23.2 Å². The average Bonchev–Trinajstić information content (AvgIpc) is 3.47. The number of rotatable bonds is 5. The van der Waals surface area contributed by atoms with Gasteiger partial charge in [-0.2, -0.15) is 5.10 Å². The third-order valence-electron chi connectivity index (χ3n) is 6.22. The minimum atomic E-state index is -0.455. The molecule has 30 heavy (non-hydrogen) atoms. The average molecular weight is 445 g/mol. The van der Waals surface area contributed by atoms with Gasteiger partial charge in [0.2, 0.25) is 17.7 Å². The van der Waals surface area contributed by atoms with Crippen LogP contribution in [0.4, 0.5) is 5.82 Å². The summed E-state index contributed by atoms with van der Waals surface area (Å²) in [6, 6.07) is 6.85. The normalized spacial score (nSPS) is 26.5. The number of nitrogens with one attached hydrogen (secondary N) is 1. The Kier molecular flexibility index (Phi) is 4.67. The minimum absolute atomic E-state index is 0.117. The molecular formula is C21H18Cl2N4O3. The fraction of sp³-hybridized carbons (Fsp3) is 0.333. The Bertz CT molecular complexity index is 1050. The predicted molar refractivity (Wildman–Crippen MR) is 111 cm³/mol. The number of carbonyl (C=O) groups excluding carboxylic acids is 3. The zero-order valence-electron chi connectivity index (χ0n) is 15.8. The lowest BCUT2D eigenvalue weighted by Crippen LogP contribution is -2.39. The van der Waals surface area contributed by atoms with Crippen molar-refractivity contribution in [1.82, 2.24) is 14.7 Å². The van der Waals surface area contributed by atoms with Crippen LogP contribution in [0.25, 0.3) is 0 Å². The van der Waals surface area contributed by atoms with Gasteiger partial charge in [0, 0.05) is 21.7 Å². The van der Waals surface area contributed by atoms with E-state index in [-0.39, 0.29) is 48.6 Å². The van der Waals surface area contributed by atoms with Crippen molar-refractivity contribution in [1.29, 1.82) is 0 Å². The van der Waals surface area contributed by atoms with E-state index in [1.165, 1.54) is 0 Å². The number of fused-ring (bicyclic) bond motifs is 5. The summed E-state index contributed by atoms with van der Waals surface area (Å²) in [7, 11) is 0. The van der Waals surface area contributed by atoms with Gasteiger partial charge in [0.1, 0.15) is 12.4 Å². The maximum Gasteiger partial charge on any atom is 0.245 e. The monoisotopic (exact) mass is 444 g/mol. The van der Waals surface area contributed by atoms with Crippen molar-refractivity contribution in [2.45, 2.75) is 13.0 Å². The Balaban J connectivity index is 1.28. The highest BCUT2D eigenvalue weighted by molar-refractivity contribution is 6.36. The molecule has 1 saturated heterocycles. The molecule has 2 heterocycles. The molecule has 3 amide bonds. The molecule has 1 N–H and O–H groups in total. The molecule has 1 aliphatic heterocycles. The van der Waals surface area contributed by atoms with Crippen LogP contribution in [0.15, 0.2) is 42.6 Å². The molecule has 0 spiro atoms. The number of imide groups is 1. The smallest absolute Gasteiger partial charge is 0.245 e. The van der Waals surface area contributed by atoms with Crippen molar-refractivity contribution < 1.29 is 14.4 Å². The molecule has 5 rings (SSSR count). The summed E-state index contributed by atoms with van der Waals surface area (Å²) in [6.45, 7) is -0.0377. The van der Waals surface area contributed by atoms with Crippen molar-refractivity contribution in [3.05, 3.63) is 58.2 Å². The number of allylic oxidation sites excluding steroid dienone is 2. The minimum Gasteiger partial charge on any atom is -0.309 e. The molecular weight excluding hydrogens is 427 g/mol. The highest BCUT2D eigenvalue weighted by atomic mass is 35.5. The third-order valence-corrected chi connectivity index (χ3v) is 6.93. The first kappa shape index (κ1) is 19.3. The van der Waals surface area contributed by atoms with Gasteiger partial charge in [-0.25, -0.2) is 4.68 Å². The number of benzene rings is 1. The molecule has 7 nitrogen and oxygen atoms in total. The highest BCUT2D eigenvalue weighted by Crippen LogP contribution is 2.52. The molecule has 154 valence electrons. The molecule has 1 saturated carbocycles. The van der Waals surface area contributed by atoms with Gasteiger partial charge in [0.15, 0.2) is 0 Å². The van der Waals surface area contributed by atoms with E-state index in [9.17, 15) is 14.4 Å². The van der Waals surface area contributed by atoms with E-state index >= 15 is 0 Å². The standard InChI is InChI=1S/C21H18Cl2N4O3/c22-14-2-1-3-15(23)13(14)9-27-16(6-7-24-27)25-17(28)10-26-20(29)18-11-4-5-12(8-11)19(18)21(26)30/h1-7,11-12,18-19H,8-10H2,(H,25,28). The van der Waals surface area contributed by atoms with E-state index < -0.39 is 5.91 Å². The highest BCUT2D eigenvalue weighted by Gasteiger charge is 2.59. The fourth-order valence-corrected chi connectivity index (χ4v) is 5.36. The summed E-state index contributed by atoms with van der Waals surface area (Å²) in [5.41, 5.74) is 0.681. The second kappa shape index (κ2) is 7.25. The Morgan fingerprint density at radius 2 is 1.70 bits per heavy atom. The van der Waals surface area contributed by atoms with Crippen LogP contribution in [0, 0.1) is 23.7 Å². The third kappa shape index (κ3) is 3.04. The van der Waals surface area contributed by atoms with Gasteiger partial charge in [0.25, 0.3) is 0 Å². The van der Waals surface area contributed by atoms with Crippen LogP contribution in [0.3, 0.4) is 0 Å². The molecule has 2 fully saturated rings. The molecule has 1 aromatic heterocycles. The van der Waals surface area contributed by atoms with Crippen LogP contribution in [0.2, 0.25) is 10.0 Å². The van der Waals surface area contributed by atoms with Crippen LogP contribution in [-0.2, 0) is 20.9 Å². The van der Waals surface area contributed by atoms with Crippen LogP contribution in [-0.4, -0.2) is 38.9 Å². The fourth-order valence-electron chi connectivity index (χ4n) is 4.84. The first-order valence-corrected chi connectivity index (χ1v) is 10.5. The number of hydrogen-bond donors (Lipinski definition) is 1. The molecule has 3 aliphatic rings. The Morgan fingerprint density at radius 3 is 2.33 bits per heavy atom. The topological polar surface area (TPSA) is 84.3 Å². The number of anilines is 1. The van der Waals surface area contributed by atoms with E-state index in [4.69, 9.17) is 23.2 Å². The number of carbonyl (C=O) groups is 3. The molecule has 4 atom stereocenters. The van der Waals surface area contributed by atoms with Gasteiger partial charge in [-0.1, -0.05) is 41.4 Å². The second-order valence-electron chi connectivity index (χ2n) is 7.88. The van der Waals surface area contributed by atoms with E-state index in [0.717, 1.165) is 11.3 Å². The summed E-state index contributed by atoms with van der Waals surface area (Å²) in [4.78, 5) is 39.2. The largest absolute Gasteiger partial charge is 0.309 e. The number of hydrogen-bond acceptors (Lipinski definition) is 4. The number of nitrogens with zero attached hydrogens (tertiary/aromatic N) is 3. The maximum atomic E-state index is 12.8. The number of halogens is 2. The summed E-state index contributed by atoms with van der Waals surface area (Å²) in [5, 5.41) is 7.94. The Labute approximate surface area is 182 Å². The van der Waals surface area contributed by atoms with Crippen molar-refractivity contribution in [3.63, 3.8) is 0 Å². The number of likely N-dealkylation sites (tertiary alicyclic amines) is 1. The number of amides is 3. The number of aromatic nitrogens is 2. The van der Waals surface area contributed by atoms with E-state index in [1.807, 2.05) is 12.2 Å². The molecule has 0 radical (unpaired) electrons. The summed E-state index contributed by atoms with van der Waals surface area (Å²) >= 11 is 12.5.